The first-order valence-electron chi connectivity index (χ1n) is 21.2. The zero-order valence-electron chi connectivity index (χ0n) is 37.6. The summed E-state index contributed by atoms with van der Waals surface area (Å²) in [6.07, 6.45) is 0. The van der Waals surface area contributed by atoms with Crippen molar-refractivity contribution < 1.29 is 32.7 Å². The maximum Gasteiger partial charge on any atom is 0.299 e. The molecule has 0 saturated heterocycles. The Morgan fingerprint density at radius 1 is 0.627 bits per heavy atom. The first kappa shape index (κ1) is 48.2. The predicted octanol–water partition coefficient (Wildman–Crippen LogP) is 9.16. The van der Waals surface area contributed by atoms with Gasteiger partial charge in [0, 0.05) is 50.6 Å². The highest BCUT2D eigenvalue weighted by molar-refractivity contribution is 7.86. The van der Waals surface area contributed by atoms with Crippen molar-refractivity contribution in [3.63, 3.8) is 0 Å². The van der Waals surface area contributed by atoms with Crippen molar-refractivity contribution in [2.24, 2.45) is 20.5 Å². The number of benzene rings is 4. The third-order valence-electron chi connectivity index (χ3n) is 10.4. The van der Waals surface area contributed by atoms with Crippen molar-refractivity contribution in [3.8, 4) is 11.5 Å². The Bertz CT molecular complexity index is 3010. The van der Waals surface area contributed by atoms with E-state index in [4.69, 9.17) is 24.4 Å². The number of hydrogen-bond acceptors (Lipinski definition) is 22. The molecule has 0 bridgehead atoms. The maximum absolute atomic E-state index is 12.4. The number of ether oxygens (including phenoxy) is 2. The summed E-state index contributed by atoms with van der Waals surface area (Å²) in [5.74, 6) is 1.02. The van der Waals surface area contributed by atoms with E-state index in [-0.39, 0.29) is 65.2 Å². The fraction of sp³-hybridized carbons (Fsp3) is 0.326. The van der Waals surface area contributed by atoms with Gasteiger partial charge in [0.1, 0.15) is 22.9 Å². The van der Waals surface area contributed by atoms with Crippen LogP contribution in [0.3, 0.4) is 0 Å². The van der Waals surface area contributed by atoms with E-state index in [0.717, 1.165) is 46.0 Å². The largest absolute Gasteiger partial charge is 0.497 e. The number of thiazole rings is 2. The fourth-order valence-electron chi connectivity index (χ4n) is 7.05. The number of anilines is 7. The molecule has 0 saturated carbocycles. The molecule has 24 heteroatoms. The minimum absolute atomic E-state index is 0.0360. The zero-order valence-corrected chi connectivity index (χ0v) is 40.0. The molecule has 0 aliphatic heterocycles. The molecule has 352 valence electrons. The molecule has 0 atom stereocenters. The van der Waals surface area contributed by atoms with E-state index >= 15 is 0 Å². The molecule has 21 nitrogen and oxygen atoms in total. The maximum atomic E-state index is 12.4. The zero-order chi connectivity index (χ0) is 47.7. The summed E-state index contributed by atoms with van der Waals surface area (Å²) in [6.45, 7) is 10.9. The normalized spacial score (nSPS) is 11.8. The molecular weight excluding hydrogens is 921 g/mol. The van der Waals surface area contributed by atoms with Crippen LogP contribution in [0.2, 0.25) is 0 Å². The van der Waals surface area contributed by atoms with Crippen molar-refractivity contribution in [2.75, 3.05) is 92.0 Å². The molecule has 5 N–H and O–H groups in total. The average molecular weight is 971 g/mol. The summed E-state index contributed by atoms with van der Waals surface area (Å²) in [7, 11) is -1.76. The number of azo groups is 2. The molecule has 4 aromatic carbocycles. The van der Waals surface area contributed by atoms with Gasteiger partial charge in [0.05, 0.1) is 59.2 Å². The minimum atomic E-state index is -4.67. The monoisotopic (exact) mass is 970 g/mol. The molecule has 0 unspecified atom stereocenters. The van der Waals surface area contributed by atoms with Crippen LogP contribution >= 0.6 is 22.7 Å². The van der Waals surface area contributed by atoms with Gasteiger partial charge in [-0.05, 0) is 94.4 Å². The lowest BCUT2D eigenvalue weighted by Gasteiger charge is -2.24. The Morgan fingerprint density at radius 3 is 1.67 bits per heavy atom. The molecule has 0 amide bonds. The van der Waals surface area contributed by atoms with E-state index in [0.29, 0.717) is 46.7 Å². The molecule has 0 aliphatic rings. The summed E-state index contributed by atoms with van der Waals surface area (Å²) >= 11 is 2.30. The quantitative estimate of drug-likeness (QED) is 0.0313. The molecular formula is C43H50N14O7S3. The predicted molar refractivity (Wildman–Crippen MR) is 263 cm³/mol. The van der Waals surface area contributed by atoms with Crippen molar-refractivity contribution >= 4 is 115 Å². The van der Waals surface area contributed by atoms with Gasteiger partial charge in [-0.2, -0.15) is 23.4 Å². The van der Waals surface area contributed by atoms with Crippen LogP contribution < -0.4 is 34.8 Å². The van der Waals surface area contributed by atoms with Gasteiger partial charge in [0.2, 0.25) is 28.1 Å². The Kier molecular flexibility index (Phi) is 15.6. The molecule has 3 heterocycles. The van der Waals surface area contributed by atoms with Crippen molar-refractivity contribution in [2.45, 2.75) is 32.6 Å². The standard InChI is InChI=1S/C43H50N14O7S3/c1-7-55(8-2)26-11-14-29(51-53-42-46-31-16-13-28(63-5)25-36(31)65-42)33(23-26)44-39-48-40(50-41(49-39)57(19-21-58)20-22-59)45-34-24-27(56(9-3)10-4)12-15-30(34)52-54-43-47-32-17-18-35(64-6)38(37(32)66-43)67(60,61)62/h11-18,23-25,58-59H,7-10,19-22H2,1-6H3,(H,60,61,62)(H2,44,45,48,49,50). The van der Waals surface area contributed by atoms with Gasteiger partial charge in [-0.3, -0.25) is 4.55 Å². The number of hydrogen-bond donors (Lipinski definition) is 5. The summed E-state index contributed by atoms with van der Waals surface area (Å²) in [6, 6.07) is 19.9. The highest BCUT2D eigenvalue weighted by Gasteiger charge is 2.24. The van der Waals surface area contributed by atoms with Crippen LogP contribution in [0.5, 0.6) is 11.5 Å². The van der Waals surface area contributed by atoms with Gasteiger partial charge in [-0.15, -0.1) is 20.5 Å². The lowest BCUT2D eigenvalue weighted by atomic mass is 10.2. The highest BCUT2D eigenvalue weighted by Crippen LogP contribution is 2.41. The molecule has 3 aromatic heterocycles. The average Bonchev–Trinajstić information content (AvgIpc) is 3.94. The van der Waals surface area contributed by atoms with Crippen LogP contribution in [-0.4, -0.2) is 115 Å². The Morgan fingerprint density at radius 2 is 1.16 bits per heavy atom. The van der Waals surface area contributed by atoms with E-state index in [2.05, 4.69) is 64.7 Å². The van der Waals surface area contributed by atoms with E-state index in [1.807, 2.05) is 62.4 Å². The van der Waals surface area contributed by atoms with Gasteiger partial charge < -0.3 is 45.0 Å². The van der Waals surface area contributed by atoms with Crippen molar-refractivity contribution in [1.82, 2.24) is 24.9 Å². The second-order valence-corrected chi connectivity index (χ2v) is 17.7. The van der Waals surface area contributed by atoms with E-state index < -0.39 is 15.0 Å². The van der Waals surface area contributed by atoms with Gasteiger partial charge >= 0.3 is 0 Å². The number of methoxy groups -OCH3 is 2. The summed E-state index contributed by atoms with van der Waals surface area (Å²) in [5.41, 5.74) is 4.62. The van der Waals surface area contributed by atoms with E-state index in [9.17, 15) is 23.2 Å². The summed E-state index contributed by atoms with van der Waals surface area (Å²) < 4.78 is 46.4. The van der Waals surface area contributed by atoms with Gasteiger partial charge in [-0.25, -0.2) is 9.97 Å². The molecule has 7 aromatic rings. The summed E-state index contributed by atoms with van der Waals surface area (Å²) in [5, 5.41) is 45.3. The molecule has 7 rings (SSSR count). The third kappa shape index (κ3) is 11.3. The Hall–Kier alpha value is -6.70. The van der Waals surface area contributed by atoms with Crippen LogP contribution in [0.15, 0.2) is 92.1 Å². The van der Waals surface area contributed by atoms with Crippen LogP contribution in [0.4, 0.5) is 62.2 Å². The SMILES string of the molecule is CCN(CC)c1ccc(N=Nc2nc3ccc(OC)cc3s2)c(Nc2nc(Nc3cc(N(CC)CC)ccc3N=Nc3nc4ccc(OC)c(S(=O)(=O)O)c4s3)nc(N(CCO)CCO)n2)c1. The lowest BCUT2D eigenvalue weighted by molar-refractivity contribution is 0.280. The van der Waals surface area contributed by atoms with Gasteiger partial charge in [0.15, 0.2) is 4.90 Å². The number of nitrogens with one attached hydrogen (secondary N) is 2. The van der Waals surface area contributed by atoms with Crippen LogP contribution in [0.1, 0.15) is 27.7 Å². The molecule has 0 radical (unpaired) electrons. The minimum Gasteiger partial charge on any atom is -0.497 e. The smallest absolute Gasteiger partial charge is 0.299 e. The first-order valence-corrected chi connectivity index (χ1v) is 24.3. The van der Waals surface area contributed by atoms with Crippen molar-refractivity contribution in [1.29, 1.82) is 0 Å². The van der Waals surface area contributed by atoms with Crippen LogP contribution in [0.25, 0.3) is 20.4 Å². The van der Waals surface area contributed by atoms with E-state index in [1.165, 1.54) is 24.5 Å². The van der Waals surface area contributed by atoms with Crippen molar-refractivity contribution in [3.05, 3.63) is 66.7 Å². The number of fused-ring (bicyclic) bond motifs is 2. The molecule has 0 spiro atoms. The van der Waals surface area contributed by atoms with Gasteiger partial charge in [0.25, 0.3) is 10.1 Å². The number of rotatable bonds is 22. The summed E-state index contributed by atoms with van der Waals surface area (Å²) in [4.78, 5) is 28.9. The lowest BCUT2D eigenvalue weighted by Crippen LogP contribution is -2.31. The second kappa shape index (κ2) is 21.7. The number of nitrogens with zero attached hydrogens (tertiary/aromatic N) is 12. The van der Waals surface area contributed by atoms with Crippen LogP contribution in [-0.2, 0) is 10.1 Å². The molecule has 0 aliphatic carbocycles. The number of aliphatic hydroxyl groups excluding tert-OH is 2. The molecule has 67 heavy (non-hydrogen) atoms. The first-order chi connectivity index (χ1) is 32.4. The number of aliphatic hydroxyl groups is 2. The third-order valence-corrected chi connectivity index (χ3v) is 13.3. The van der Waals surface area contributed by atoms with Gasteiger partial charge in [-0.1, -0.05) is 22.7 Å². The topological polar surface area (TPSA) is 261 Å². The molecule has 0 fully saturated rings. The second-order valence-electron chi connectivity index (χ2n) is 14.4. The van der Waals surface area contributed by atoms with E-state index in [1.54, 1.807) is 24.1 Å². The van der Waals surface area contributed by atoms with Crippen LogP contribution in [0, 0.1) is 0 Å². The highest BCUT2D eigenvalue weighted by atomic mass is 32.2. The fourth-order valence-corrected chi connectivity index (χ4v) is 9.87. The Balaban J connectivity index is 1.31. The Labute approximate surface area is 394 Å². The number of aromatic nitrogens is 5.